The number of nitrogens with zero attached hydrogens (tertiary/aromatic N) is 2. The van der Waals surface area contributed by atoms with Gasteiger partial charge in [0.15, 0.2) is 0 Å². The van der Waals surface area contributed by atoms with Crippen molar-refractivity contribution in [3.8, 4) is 22.3 Å². The van der Waals surface area contributed by atoms with Gasteiger partial charge in [-0.25, -0.2) is 0 Å². The van der Waals surface area contributed by atoms with Crippen LogP contribution in [0.15, 0.2) is 206 Å². The van der Waals surface area contributed by atoms with E-state index in [1.165, 1.54) is 72.0 Å². The SMILES string of the molecule is c1ccc(-c2ccc3c(c2)Cc2cc(-c4ccc(N(c5ccccc5)c5ccc6ccccc6c5)cc4)ccc2N3c2ccc3ccccc3c2)cc1. The van der Waals surface area contributed by atoms with Crippen molar-refractivity contribution in [1.82, 2.24) is 0 Å². The molecule has 1 aliphatic rings. The summed E-state index contributed by atoms with van der Waals surface area (Å²) < 4.78 is 0. The molecule has 9 aromatic rings. The number of rotatable bonds is 6. The lowest BCUT2D eigenvalue weighted by molar-refractivity contribution is 1.09. The Morgan fingerprint density at radius 2 is 0.792 bits per heavy atom. The maximum atomic E-state index is 2.45. The minimum absolute atomic E-state index is 0.866. The molecule has 0 radical (unpaired) electrons. The molecule has 0 fully saturated rings. The highest BCUT2D eigenvalue weighted by Gasteiger charge is 2.25. The Morgan fingerprint density at radius 3 is 1.43 bits per heavy atom. The molecule has 0 amide bonds. The van der Waals surface area contributed by atoms with Gasteiger partial charge in [0.25, 0.3) is 0 Å². The predicted octanol–water partition coefficient (Wildman–Crippen LogP) is 14.2. The van der Waals surface area contributed by atoms with Crippen molar-refractivity contribution < 1.29 is 0 Å². The fraction of sp³-hybridized carbons (Fsp3) is 0.0196. The fourth-order valence-corrected chi connectivity index (χ4v) is 7.95. The van der Waals surface area contributed by atoms with E-state index in [2.05, 4.69) is 216 Å². The zero-order valence-corrected chi connectivity index (χ0v) is 29.2. The Hall–Kier alpha value is -6.90. The van der Waals surface area contributed by atoms with Crippen molar-refractivity contribution in [2.24, 2.45) is 0 Å². The maximum absolute atomic E-state index is 2.45. The smallest absolute Gasteiger partial charge is 0.0497 e. The predicted molar refractivity (Wildman–Crippen MR) is 224 cm³/mol. The summed E-state index contributed by atoms with van der Waals surface area (Å²) in [4.78, 5) is 4.79. The van der Waals surface area contributed by atoms with Gasteiger partial charge >= 0.3 is 0 Å². The van der Waals surface area contributed by atoms with E-state index >= 15 is 0 Å². The summed E-state index contributed by atoms with van der Waals surface area (Å²) in [6, 6.07) is 75.0. The van der Waals surface area contributed by atoms with Crippen molar-refractivity contribution in [2.45, 2.75) is 6.42 Å². The van der Waals surface area contributed by atoms with Gasteiger partial charge in [-0.05, 0) is 128 Å². The second-order valence-corrected chi connectivity index (χ2v) is 13.8. The molecule has 0 unspecified atom stereocenters. The van der Waals surface area contributed by atoms with Gasteiger partial charge in [0, 0.05) is 40.5 Å². The van der Waals surface area contributed by atoms with Crippen molar-refractivity contribution in [3.63, 3.8) is 0 Å². The molecule has 0 aromatic heterocycles. The quantitative estimate of drug-likeness (QED) is 0.173. The number of para-hydroxylation sites is 1. The minimum atomic E-state index is 0.866. The summed E-state index contributed by atoms with van der Waals surface area (Å²) in [5.41, 5.74) is 14.6. The van der Waals surface area contributed by atoms with Crippen LogP contribution >= 0.6 is 0 Å². The lowest BCUT2D eigenvalue weighted by Crippen LogP contribution is -2.18. The molecule has 0 saturated heterocycles. The van der Waals surface area contributed by atoms with Crippen molar-refractivity contribution in [3.05, 3.63) is 217 Å². The first kappa shape index (κ1) is 30.9. The Balaban J connectivity index is 1.05. The topological polar surface area (TPSA) is 6.48 Å². The van der Waals surface area contributed by atoms with Gasteiger partial charge in [-0.2, -0.15) is 0 Å². The summed E-state index contributed by atoms with van der Waals surface area (Å²) in [7, 11) is 0. The number of anilines is 6. The van der Waals surface area contributed by atoms with Crippen LogP contribution in [-0.2, 0) is 6.42 Å². The van der Waals surface area contributed by atoms with Gasteiger partial charge in [-0.1, -0.05) is 133 Å². The number of fused-ring (bicyclic) bond motifs is 4. The fourth-order valence-electron chi connectivity index (χ4n) is 7.95. The second kappa shape index (κ2) is 13.0. The molecule has 0 aliphatic carbocycles. The van der Waals surface area contributed by atoms with E-state index in [9.17, 15) is 0 Å². The molecule has 250 valence electrons. The van der Waals surface area contributed by atoms with E-state index in [1.807, 2.05) is 0 Å². The molecule has 0 saturated carbocycles. The molecule has 9 aromatic carbocycles. The van der Waals surface area contributed by atoms with E-state index in [0.717, 1.165) is 23.5 Å². The Kier molecular flexibility index (Phi) is 7.58. The highest BCUT2D eigenvalue weighted by atomic mass is 15.2. The summed E-state index contributed by atoms with van der Waals surface area (Å²) in [6.07, 6.45) is 0.866. The molecule has 0 atom stereocenters. The van der Waals surface area contributed by atoms with Crippen LogP contribution in [0.2, 0.25) is 0 Å². The lowest BCUT2D eigenvalue weighted by atomic mass is 9.90. The standard InChI is InChI=1S/C51H36N2/c1-3-11-36(12-4-1)42-23-29-50-44(31-42)33-45-32-43(24-30-51(45)53(50)49-28-22-38-14-8-10-16-41(38)35-49)39-19-25-47(26-20-39)52(46-17-5-2-6-18-46)48-27-21-37-13-7-9-15-40(37)34-48/h1-32,34-35H,33H2. The Bertz CT molecular complexity index is 2750. The van der Waals surface area contributed by atoms with E-state index in [4.69, 9.17) is 0 Å². The van der Waals surface area contributed by atoms with Crippen LogP contribution in [0.1, 0.15) is 11.1 Å². The van der Waals surface area contributed by atoms with Crippen molar-refractivity contribution >= 4 is 55.7 Å². The van der Waals surface area contributed by atoms with Crippen LogP contribution < -0.4 is 9.80 Å². The first-order chi connectivity index (χ1) is 26.2. The van der Waals surface area contributed by atoms with E-state index in [-0.39, 0.29) is 0 Å². The molecule has 2 heteroatoms. The first-order valence-corrected chi connectivity index (χ1v) is 18.3. The summed E-state index contributed by atoms with van der Waals surface area (Å²) in [5.74, 6) is 0. The molecule has 10 rings (SSSR count). The van der Waals surface area contributed by atoms with Crippen LogP contribution in [0.3, 0.4) is 0 Å². The van der Waals surface area contributed by atoms with E-state index in [0.29, 0.717) is 0 Å². The average Bonchev–Trinajstić information content (AvgIpc) is 3.23. The highest BCUT2D eigenvalue weighted by Crippen LogP contribution is 2.47. The van der Waals surface area contributed by atoms with Gasteiger partial charge in [0.2, 0.25) is 0 Å². The summed E-state index contributed by atoms with van der Waals surface area (Å²) >= 11 is 0. The molecule has 2 nitrogen and oxygen atoms in total. The van der Waals surface area contributed by atoms with Crippen molar-refractivity contribution in [2.75, 3.05) is 9.80 Å². The molecule has 53 heavy (non-hydrogen) atoms. The summed E-state index contributed by atoms with van der Waals surface area (Å²) in [5, 5.41) is 4.96. The number of hydrogen-bond donors (Lipinski definition) is 0. The van der Waals surface area contributed by atoms with Crippen LogP contribution in [0, 0.1) is 0 Å². The number of benzene rings is 9. The molecule has 1 heterocycles. The zero-order chi connectivity index (χ0) is 35.1. The van der Waals surface area contributed by atoms with Gasteiger partial charge in [0.1, 0.15) is 0 Å². The molecule has 0 N–H and O–H groups in total. The maximum Gasteiger partial charge on any atom is 0.0497 e. The molecule has 0 bridgehead atoms. The van der Waals surface area contributed by atoms with Gasteiger partial charge in [0.05, 0.1) is 0 Å². The van der Waals surface area contributed by atoms with Crippen LogP contribution in [0.25, 0.3) is 43.8 Å². The molecule has 0 spiro atoms. The monoisotopic (exact) mass is 676 g/mol. The number of hydrogen-bond acceptors (Lipinski definition) is 2. The Morgan fingerprint density at radius 1 is 0.321 bits per heavy atom. The third kappa shape index (κ3) is 5.71. The molecular formula is C51H36N2. The minimum Gasteiger partial charge on any atom is -0.310 e. The lowest BCUT2D eigenvalue weighted by Gasteiger charge is -2.34. The second-order valence-electron chi connectivity index (χ2n) is 13.8. The largest absolute Gasteiger partial charge is 0.310 e. The van der Waals surface area contributed by atoms with Crippen LogP contribution in [0.4, 0.5) is 34.1 Å². The highest BCUT2D eigenvalue weighted by molar-refractivity contribution is 5.93. The third-order valence-corrected chi connectivity index (χ3v) is 10.6. The first-order valence-electron chi connectivity index (χ1n) is 18.3. The average molecular weight is 677 g/mol. The van der Waals surface area contributed by atoms with E-state index in [1.54, 1.807) is 0 Å². The third-order valence-electron chi connectivity index (χ3n) is 10.6. The summed E-state index contributed by atoms with van der Waals surface area (Å²) in [6.45, 7) is 0. The van der Waals surface area contributed by atoms with E-state index < -0.39 is 0 Å². The van der Waals surface area contributed by atoms with Crippen LogP contribution in [0.5, 0.6) is 0 Å². The van der Waals surface area contributed by atoms with Crippen LogP contribution in [-0.4, -0.2) is 0 Å². The zero-order valence-electron chi connectivity index (χ0n) is 29.2. The Labute approximate surface area is 310 Å². The normalized spacial score (nSPS) is 12.0. The van der Waals surface area contributed by atoms with Gasteiger partial charge < -0.3 is 9.80 Å². The molecule has 1 aliphatic heterocycles. The van der Waals surface area contributed by atoms with Gasteiger partial charge in [-0.15, -0.1) is 0 Å². The van der Waals surface area contributed by atoms with Gasteiger partial charge in [-0.3, -0.25) is 0 Å². The van der Waals surface area contributed by atoms with Crippen molar-refractivity contribution in [1.29, 1.82) is 0 Å². The molecular weight excluding hydrogens is 641 g/mol.